The van der Waals surface area contributed by atoms with Gasteiger partial charge in [-0.05, 0) is 37.1 Å². The van der Waals surface area contributed by atoms with E-state index >= 15 is 0 Å². The highest BCUT2D eigenvalue weighted by Gasteiger charge is 2.14. The Morgan fingerprint density at radius 2 is 1.80 bits per heavy atom. The third-order valence-electron chi connectivity index (χ3n) is 2.47. The number of halogens is 1. The maximum atomic E-state index is 11.7. The molecule has 0 radical (unpaired) electrons. The van der Waals surface area contributed by atoms with Gasteiger partial charge < -0.3 is 0 Å². The fourth-order valence-corrected chi connectivity index (χ4v) is 1.76. The lowest BCUT2D eigenvalue weighted by atomic mass is 10.2. The molecular formula is C11H13ClN2O. The highest BCUT2D eigenvalue weighted by atomic mass is 35.5. The summed E-state index contributed by atoms with van der Waals surface area (Å²) in [5.41, 5.74) is 3.51. The molecule has 0 spiro atoms. The molecule has 0 aromatic heterocycles. The number of amides is 1. The van der Waals surface area contributed by atoms with Gasteiger partial charge in [0.25, 0.3) is 5.91 Å². The molecule has 2 rings (SSSR count). The average Bonchev–Trinajstić information content (AvgIpc) is 2.71. The van der Waals surface area contributed by atoms with Crippen molar-refractivity contribution in [2.75, 3.05) is 13.1 Å². The molecule has 4 heteroatoms. The molecule has 0 bridgehead atoms. The van der Waals surface area contributed by atoms with Gasteiger partial charge in [0.05, 0.1) is 0 Å². The van der Waals surface area contributed by atoms with E-state index in [0.717, 1.165) is 25.9 Å². The van der Waals surface area contributed by atoms with Crippen molar-refractivity contribution < 1.29 is 4.79 Å². The van der Waals surface area contributed by atoms with Gasteiger partial charge >= 0.3 is 0 Å². The molecule has 3 nitrogen and oxygen atoms in total. The van der Waals surface area contributed by atoms with Crippen molar-refractivity contribution in [3.8, 4) is 0 Å². The molecule has 1 heterocycles. The normalized spacial score (nSPS) is 16.6. The quantitative estimate of drug-likeness (QED) is 0.834. The minimum atomic E-state index is -0.0615. The van der Waals surface area contributed by atoms with Crippen molar-refractivity contribution in [2.24, 2.45) is 0 Å². The fraction of sp³-hybridized carbons (Fsp3) is 0.364. The molecule has 1 aromatic rings. The second kappa shape index (κ2) is 4.64. The lowest BCUT2D eigenvalue weighted by Gasteiger charge is -2.15. The Morgan fingerprint density at radius 3 is 2.40 bits per heavy atom. The van der Waals surface area contributed by atoms with Crippen molar-refractivity contribution >= 4 is 17.5 Å². The maximum Gasteiger partial charge on any atom is 0.265 e. The van der Waals surface area contributed by atoms with Gasteiger partial charge in [-0.25, -0.2) is 5.01 Å². The van der Waals surface area contributed by atoms with E-state index in [2.05, 4.69) is 5.43 Å². The molecule has 80 valence electrons. The SMILES string of the molecule is O=C(NN1CCCC1)c1ccc(Cl)cc1. The van der Waals surface area contributed by atoms with E-state index in [1.54, 1.807) is 24.3 Å². The Balaban J connectivity index is 1.98. The Morgan fingerprint density at radius 1 is 1.20 bits per heavy atom. The van der Waals surface area contributed by atoms with Crippen molar-refractivity contribution in [1.29, 1.82) is 0 Å². The zero-order valence-electron chi connectivity index (χ0n) is 8.37. The van der Waals surface area contributed by atoms with E-state index in [0.29, 0.717) is 10.6 Å². The maximum absolute atomic E-state index is 11.7. The summed E-state index contributed by atoms with van der Waals surface area (Å²) in [6.07, 6.45) is 2.31. The number of hydrazine groups is 1. The summed E-state index contributed by atoms with van der Waals surface area (Å²) < 4.78 is 0. The molecule has 15 heavy (non-hydrogen) atoms. The van der Waals surface area contributed by atoms with Crippen molar-refractivity contribution in [1.82, 2.24) is 10.4 Å². The molecule has 1 saturated heterocycles. The van der Waals surface area contributed by atoms with Gasteiger partial charge in [0.15, 0.2) is 0 Å². The first-order chi connectivity index (χ1) is 7.25. The van der Waals surface area contributed by atoms with Crippen molar-refractivity contribution in [3.05, 3.63) is 34.9 Å². The fourth-order valence-electron chi connectivity index (χ4n) is 1.64. The summed E-state index contributed by atoms with van der Waals surface area (Å²) in [7, 11) is 0. The van der Waals surface area contributed by atoms with E-state index in [-0.39, 0.29) is 5.91 Å². The van der Waals surface area contributed by atoms with Gasteiger partial charge in [0, 0.05) is 23.7 Å². The Bertz CT molecular complexity index is 344. The van der Waals surface area contributed by atoms with Crippen molar-refractivity contribution in [2.45, 2.75) is 12.8 Å². The van der Waals surface area contributed by atoms with Crippen LogP contribution in [0.15, 0.2) is 24.3 Å². The first-order valence-corrected chi connectivity index (χ1v) is 5.45. The Kier molecular flexibility index (Phi) is 3.23. The highest BCUT2D eigenvalue weighted by Crippen LogP contribution is 2.10. The minimum Gasteiger partial charge on any atom is -0.285 e. The molecule has 0 unspecified atom stereocenters. The van der Waals surface area contributed by atoms with Crippen LogP contribution in [-0.2, 0) is 0 Å². The number of hydrogen-bond acceptors (Lipinski definition) is 2. The smallest absolute Gasteiger partial charge is 0.265 e. The summed E-state index contributed by atoms with van der Waals surface area (Å²) in [6.45, 7) is 1.89. The van der Waals surface area contributed by atoms with E-state index < -0.39 is 0 Å². The lowest BCUT2D eigenvalue weighted by molar-refractivity contribution is 0.0826. The zero-order chi connectivity index (χ0) is 10.7. The molecule has 0 atom stereocenters. The van der Waals surface area contributed by atoms with E-state index in [1.807, 2.05) is 5.01 Å². The van der Waals surface area contributed by atoms with E-state index in [9.17, 15) is 4.79 Å². The van der Waals surface area contributed by atoms with Gasteiger partial charge in [-0.3, -0.25) is 10.2 Å². The summed E-state index contributed by atoms with van der Waals surface area (Å²) >= 11 is 5.74. The third-order valence-corrected chi connectivity index (χ3v) is 2.72. The van der Waals surface area contributed by atoms with Gasteiger partial charge in [0.1, 0.15) is 0 Å². The molecule has 1 aromatic carbocycles. The van der Waals surface area contributed by atoms with Crippen LogP contribution in [0.4, 0.5) is 0 Å². The predicted molar refractivity (Wildman–Crippen MR) is 59.7 cm³/mol. The van der Waals surface area contributed by atoms with Crippen LogP contribution in [0.3, 0.4) is 0 Å². The standard InChI is InChI=1S/C11H13ClN2O/c12-10-5-3-9(4-6-10)11(15)13-14-7-1-2-8-14/h3-6H,1-2,7-8H2,(H,13,15). The summed E-state index contributed by atoms with van der Waals surface area (Å²) in [5.74, 6) is -0.0615. The molecule has 1 N–H and O–H groups in total. The number of nitrogens with zero attached hydrogens (tertiary/aromatic N) is 1. The Hall–Kier alpha value is -1.06. The van der Waals surface area contributed by atoms with Crippen LogP contribution in [0.2, 0.25) is 5.02 Å². The van der Waals surface area contributed by atoms with Crippen LogP contribution in [0.1, 0.15) is 23.2 Å². The van der Waals surface area contributed by atoms with Crippen LogP contribution in [0, 0.1) is 0 Å². The molecular weight excluding hydrogens is 212 g/mol. The number of nitrogens with one attached hydrogen (secondary N) is 1. The third kappa shape index (κ3) is 2.70. The van der Waals surface area contributed by atoms with Crippen LogP contribution in [0.5, 0.6) is 0 Å². The Labute approximate surface area is 94.0 Å². The van der Waals surface area contributed by atoms with Crippen LogP contribution in [-0.4, -0.2) is 24.0 Å². The first-order valence-electron chi connectivity index (χ1n) is 5.07. The van der Waals surface area contributed by atoms with Gasteiger partial charge in [0.2, 0.25) is 0 Å². The second-order valence-corrected chi connectivity index (χ2v) is 4.08. The zero-order valence-corrected chi connectivity index (χ0v) is 9.13. The summed E-state index contributed by atoms with van der Waals surface area (Å²) in [5, 5.41) is 2.60. The molecule has 1 amide bonds. The molecule has 1 fully saturated rings. The van der Waals surface area contributed by atoms with Gasteiger partial charge in [-0.2, -0.15) is 0 Å². The molecule has 0 aliphatic carbocycles. The number of rotatable bonds is 2. The number of carbonyl (C=O) groups excluding carboxylic acids is 1. The van der Waals surface area contributed by atoms with Gasteiger partial charge in [-0.1, -0.05) is 11.6 Å². The predicted octanol–water partition coefficient (Wildman–Crippen LogP) is 2.08. The monoisotopic (exact) mass is 224 g/mol. The molecule has 1 aliphatic rings. The molecule has 1 aliphatic heterocycles. The lowest BCUT2D eigenvalue weighted by Crippen LogP contribution is -2.39. The van der Waals surface area contributed by atoms with Crippen molar-refractivity contribution in [3.63, 3.8) is 0 Å². The topological polar surface area (TPSA) is 32.3 Å². The highest BCUT2D eigenvalue weighted by molar-refractivity contribution is 6.30. The largest absolute Gasteiger partial charge is 0.285 e. The number of hydrogen-bond donors (Lipinski definition) is 1. The first kappa shape index (κ1) is 10.5. The van der Waals surface area contributed by atoms with Gasteiger partial charge in [-0.15, -0.1) is 0 Å². The summed E-state index contributed by atoms with van der Waals surface area (Å²) in [6, 6.07) is 6.91. The molecule has 0 saturated carbocycles. The number of carbonyl (C=O) groups is 1. The van der Waals surface area contributed by atoms with E-state index in [1.165, 1.54) is 0 Å². The minimum absolute atomic E-state index is 0.0615. The van der Waals surface area contributed by atoms with E-state index in [4.69, 9.17) is 11.6 Å². The average molecular weight is 225 g/mol. The number of benzene rings is 1. The van der Waals surface area contributed by atoms with Crippen LogP contribution in [0.25, 0.3) is 0 Å². The second-order valence-electron chi connectivity index (χ2n) is 3.64. The summed E-state index contributed by atoms with van der Waals surface area (Å²) in [4.78, 5) is 11.7. The van der Waals surface area contributed by atoms with Crippen LogP contribution < -0.4 is 5.43 Å². The van der Waals surface area contributed by atoms with Crippen LogP contribution >= 0.6 is 11.6 Å².